The molecular formula is C18H15ClN4O2. The van der Waals surface area contributed by atoms with Crippen LogP contribution in [-0.4, -0.2) is 28.9 Å². The highest BCUT2D eigenvalue weighted by molar-refractivity contribution is 6.31. The number of rotatable bonds is 3. The molecule has 2 aliphatic heterocycles. The second-order valence-electron chi connectivity index (χ2n) is 6.17. The molecule has 0 radical (unpaired) electrons. The molecule has 2 aromatic carbocycles. The van der Waals surface area contributed by atoms with Gasteiger partial charge in [-0.3, -0.25) is 14.6 Å². The van der Waals surface area contributed by atoms with Crippen LogP contribution in [0.1, 0.15) is 11.1 Å². The van der Waals surface area contributed by atoms with E-state index in [4.69, 9.17) is 11.6 Å². The van der Waals surface area contributed by atoms with Crippen molar-refractivity contribution in [2.24, 2.45) is 10.3 Å². The molecule has 126 valence electrons. The first-order valence-corrected chi connectivity index (χ1v) is 8.29. The van der Waals surface area contributed by atoms with Gasteiger partial charge in [0, 0.05) is 5.02 Å². The van der Waals surface area contributed by atoms with E-state index in [-0.39, 0.29) is 11.8 Å². The zero-order chi connectivity index (χ0) is 17.6. The van der Waals surface area contributed by atoms with Gasteiger partial charge in [-0.25, -0.2) is 4.90 Å². The fourth-order valence-electron chi connectivity index (χ4n) is 3.08. The molecule has 2 heterocycles. The SMILES string of the molecule is Cc1ccc(CN2N=N[C@H]3C(=O)N(c4ccc(Cl)cc4)C(=O)[C@H]32)cc1. The van der Waals surface area contributed by atoms with Crippen molar-refractivity contribution in [3.8, 4) is 0 Å². The monoisotopic (exact) mass is 354 g/mol. The van der Waals surface area contributed by atoms with E-state index in [1.54, 1.807) is 29.3 Å². The minimum absolute atomic E-state index is 0.311. The van der Waals surface area contributed by atoms with Crippen LogP contribution in [0.4, 0.5) is 5.69 Å². The minimum Gasteiger partial charge on any atom is -0.271 e. The van der Waals surface area contributed by atoms with Crippen LogP contribution in [0.3, 0.4) is 0 Å². The van der Waals surface area contributed by atoms with Gasteiger partial charge in [0.05, 0.1) is 12.2 Å². The fourth-order valence-corrected chi connectivity index (χ4v) is 3.21. The quantitative estimate of drug-likeness (QED) is 0.795. The van der Waals surface area contributed by atoms with Crippen molar-refractivity contribution in [2.75, 3.05) is 4.90 Å². The average Bonchev–Trinajstić information content (AvgIpc) is 3.12. The van der Waals surface area contributed by atoms with Crippen LogP contribution in [0, 0.1) is 6.92 Å². The molecule has 6 nitrogen and oxygen atoms in total. The lowest BCUT2D eigenvalue weighted by molar-refractivity contribution is -0.123. The summed E-state index contributed by atoms with van der Waals surface area (Å²) in [6.45, 7) is 2.44. The number of fused-ring (bicyclic) bond motifs is 1. The number of hydrogen-bond acceptors (Lipinski definition) is 5. The number of hydrogen-bond donors (Lipinski definition) is 0. The number of carbonyl (C=O) groups excluding carboxylic acids is 2. The summed E-state index contributed by atoms with van der Waals surface area (Å²) in [5, 5.41) is 10.2. The average molecular weight is 355 g/mol. The standard InChI is InChI=1S/C18H15ClN4O2/c1-11-2-4-12(5-3-11)10-22-16-15(20-21-22)17(24)23(18(16)25)14-8-6-13(19)7-9-14/h2-9,15-16H,10H2,1H3/t15-,16+/m1/s1. The fraction of sp³-hybridized carbons (Fsp3) is 0.222. The highest BCUT2D eigenvalue weighted by atomic mass is 35.5. The summed E-state index contributed by atoms with van der Waals surface area (Å²) >= 11 is 5.88. The number of carbonyl (C=O) groups is 2. The molecule has 2 aromatic rings. The lowest BCUT2D eigenvalue weighted by Gasteiger charge is -2.20. The number of halogens is 1. The van der Waals surface area contributed by atoms with Crippen LogP contribution in [0.5, 0.6) is 0 Å². The Morgan fingerprint density at radius 1 is 1.00 bits per heavy atom. The van der Waals surface area contributed by atoms with Crippen LogP contribution < -0.4 is 4.90 Å². The Kier molecular flexibility index (Phi) is 3.77. The molecule has 2 amide bonds. The normalized spacial score (nSPS) is 22.0. The molecule has 0 bridgehead atoms. The van der Waals surface area contributed by atoms with Gasteiger partial charge in [-0.2, -0.15) is 5.11 Å². The Balaban J connectivity index is 1.59. The first-order chi connectivity index (χ1) is 12.0. The Morgan fingerprint density at radius 3 is 2.36 bits per heavy atom. The molecule has 1 saturated heterocycles. The van der Waals surface area contributed by atoms with E-state index in [9.17, 15) is 9.59 Å². The molecule has 0 aromatic heterocycles. The van der Waals surface area contributed by atoms with Gasteiger partial charge in [-0.15, -0.1) is 0 Å². The molecule has 0 unspecified atom stereocenters. The molecule has 2 atom stereocenters. The second kappa shape index (κ2) is 5.97. The number of nitrogens with zero attached hydrogens (tertiary/aromatic N) is 4. The summed E-state index contributed by atoms with van der Waals surface area (Å²) in [6.07, 6.45) is 0. The van der Waals surface area contributed by atoms with Gasteiger partial charge >= 0.3 is 0 Å². The molecule has 0 spiro atoms. The predicted octanol–water partition coefficient (Wildman–Crippen LogP) is 3.14. The third-order valence-corrected chi connectivity index (χ3v) is 4.66. The first-order valence-electron chi connectivity index (χ1n) is 7.91. The van der Waals surface area contributed by atoms with Crippen molar-refractivity contribution in [1.29, 1.82) is 0 Å². The van der Waals surface area contributed by atoms with Gasteiger partial charge in [-0.05, 0) is 36.8 Å². The topological polar surface area (TPSA) is 65.3 Å². The predicted molar refractivity (Wildman–Crippen MR) is 93.1 cm³/mol. The van der Waals surface area contributed by atoms with E-state index in [2.05, 4.69) is 10.3 Å². The van der Waals surface area contributed by atoms with Crippen molar-refractivity contribution >= 4 is 29.1 Å². The number of aryl methyl sites for hydroxylation is 1. The molecule has 1 fully saturated rings. The Labute approximate surface area is 149 Å². The minimum atomic E-state index is -0.784. The van der Waals surface area contributed by atoms with Crippen LogP contribution in [0.2, 0.25) is 5.02 Å². The van der Waals surface area contributed by atoms with Crippen molar-refractivity contribution < 1.29 is 9.59 Å². The highest BCUT2D eigenvalue weighted by Crippen LogP contribution is 2.33. The van der Waals surface area contributed by atoms with Gasteiger partial charge in [0.25, 0.3) is 11.8 Å². The number of anilines is 1. The lowest BCUT2D eigenvalue weighted by Crippen LogP contribution is -2.39. The molecular weight excluding hydrogens is 340 g/mol. The highest BCUT2D eigenvalue weighted by Gasteiger charge is 2.54. The summed E-state index contributed by atoms with van der Waals surface area (Å²) in [7, 11) is 0. The van der Waals surface area contributed by atoms with Gasteiger partial charge in [-0.1, -0.05) is 46.7 Å². The molecule has 0 aliphatic carbocycles. The van der Waals surface area contributed by atoms with Crippen LogP contribution in [-0.2, 0) is 16.1 Å². The van der Waals surface area contributed by atoms with E-state index in [0.717, 1.165) is 11.1 Å². The smallest absolute Gasteiger partial charge is 0.263 e. The van der Waals surface area contributed by atoms with Crippen LogP contribution >= 0.6 is 11.6 Å². The van der Waals surface area contributed by atoms with Crippen LogP contribution in [0.25, 0.3) is 0 Å². The largest absolute Gasteiger partial charge is 0.271 e. The van der Waals surface area contributed by atoms with Gasteiger partial charge in [0.2, 0.25) is 0 Å². The lowest BCUT2D eigenvalue weighted by atomic mass is 10.1. The number of benzene rings is 2. The van der Waals surface area contributed by atoms with Crippen molar-refractivity contribution in [3.05, 3.63) is 64.7 Å². The summed E-state index contributed by atoms with van der Waals surface area (Å²) < 4.78 is 0. The van der Waals surface area contributed by atoms with Crippen LogP contribution in [0.15, 0.2) is 58.9 Å². The molecule has 25 heavy (non-hydrogen) atoms. The van der Waals surface area contributed by atoms with Gasteiger partial charge < -0.3 is 0 Å². The van der Waals surface area contributed by atoms with E-state index in [1.165, 1.54) is 4.90 Å². The van der Waals surface area contributed by atoms with E-state index in [0.29, 0.717) is 17.3 Å². The van der Waals surface area contributed by atoms with Crippen molar-refractivity contribution in [3.63, 3.8) is 0 Å². The van der Waals surface area contributed by atoms with E-state index in [1.807, 2.05) is 31.2 Å². The Morgan fingerprint density at radius 2 is 1.68 bits per heavy atom. The van der Waals surface area contributed by atoms with Crippen molar-refractivity contribution in [2.45, 2.75) is 25.6 Å². The molecule has 7 heteroatoms. The third kappa shape index (κ3) is 2.68. The Hall–Kier alpha value is -2.73. The second-order valence-corrected chi connectivity index (χ2v) is 6.60. The molecule has 0 N–H and O–H groups in total. The zero-order valence-corrected chi connectivity index (χ0v) is 14.2. The Bertz CT molecular complexity index is 864. The first kappa shape index (κ1) is 15.8. The van der Waals surface area contributed by atoms with Gasteiger partial charge in [0.15, 0.2) is 12.1 Å². The summed E-state index contributed by atoms with van der Waals surface area (Å²) in [4.78, 5) is 26.6. The van der Waals surface area contributed by atoms with Gasteiger partial charge in [0.1, 0.15) is 0 Å². The van der Waals surface area contributed by atoms with E-state index < -0.39 is 12.1 Å². The van der Waals surface area contributed by atoms with Crippen molar-refractivity contribution in [1.82, 2.24) is 5.01 Å². The summed E-state index contributed by atoms with van der Waals surface area (Å²) in [6, 6.07) is 13.1. The summed E-state index contributed by atoms with van der Waals surface area (Å²) in [5.41, 5.74) is 2.67. The number of amides is 2. The molecule has 0 saturated carbocycles. The molecule has 2 aliphatic rings. The molecule has 4 rings (SSSR count). The maximum absolute atomic E-state index is 12.8. The summed E-state index contributed by atoms with van der Waals surface area (Å²) in [5.74, 6) is -0.665. The van der Waals surface area contributed by atoms with E-state index >= 15 is 0 Å². The number of imide groups is 1. The maximum Gasteiger partial charge on any atom is 0.263 e. The zero-order valence-electron chi connectivity index (χ0n) is 13.5. The maximum atomic E-state index is 12.8. The third-order valence-electron chi connectivity index (χ3n) is 4.41.